The Labute approximate surface area is 196 Å². The summed E-state index contributed by atoms with van der Waals surface area (Å²) in [4.78, 5) is 53.8. The van der Waals surface area contributed by atoms with E-state index in [1.54, 1.807) is 0 Å². The van der Waals surface area contributed by atoms with Crippen molar-refractivity contribution in [3.63, 3.8) is 0 Å². The number of phenolic OH excluding ortho intramolecular Hbond substituents is 1. The van der Waals surface area contributed by atoms with Gasteiger partial charge in [-0.25, -0.2) is 9.59 Å². The van der Waals surface area contributed by atoms with Gasteiger partial charge < -0.3 is 24.6 Å². The Morgan fingerprint density at radius 3 is 2.51 bits per heavy atom. The van der Waals surface area contributed by atoms with E-state index in [-0.39, 0.29) is 52.1 Å². The molecule has 1 atom stereocenters. The fourth-order valence-corrected chi connectivity index (χ4v) is 4.11. The highest BCUT2D eigenvalue weighted by Gasteiger charge is 2.33. The number of phenols is 1. The van der Waals surface area contributed by atoms with E-state index in [0.29, 0.717) is 21.6 Å². The van der Waals surface area contributed by atoms with Crippen molar-refractivity contribution in [2.24, 2.45) is 0 Å². The Kier molecular flexibility index (Phi) is 5.22. The number of carbonyl (C=O) groups is 3. The van der Waals surface area contributed by atoms with Gasteiger partial charge in [0.25, 0.3) is 5.91 Å². The number of carboxylic acids is 1. The predicted molar refractivity (Wildman–Crippen MR) is 121 cm³/mol. The summed E-state index contributed by atoms with van der Waals surface area (Å²) < 4.78 is 5.79. The largest absolute Gasteiger partial charge is 0.508 e. The smallest absolute Gasteiger partial charge is 0.363 e. The first-order valence-corrected chi connectivity index (χ1v) is 10.5. The number of nitrogens with zero attached hydrogens (tertiary/aromatic N) is 1. The molecule has 3 aliphatic rings. The van der Waals surface area contributed by atoms with Gasteiger partial charge in [-0.05, 0) is 48.0 Å². The van der Waals surface area contributed by atoms with Crippen LogP contribution in [-0.4, -0.2) is 44.5 Å². The Morgan fingerprint density at radius 2 is 1.80 bits per heavy atom. The molecule has 0 spiro atoms. The summed E-state index contributed by atoms with van der Waals surface area (Å²) >= 11 is 0. The second-order valence-corrected chi connectivity index (χ2v) is 8.00. The van der Waals surface area contributed by atoms with Crippen LogP contribution in [0.25, 0.3) is 33.4 Å². The summed E-state index contributed by atoms with van der Waals surface area (Å²) in [6, 6.07) is 12.0. The van der Waals surface area contributed by atoms with Gasteiger partial charge in [-0.15, -0.1) is 5.06 Å². The third-order valence-corrected chi connectivity index (χ3v) is 5.75. The molecule has 10 nitrogen and oxygen atoms in total. The molecule has 1 aliphatic carbocycles. The number of amides is 1. The van der Waals surface area contributed by atoms with Crippen LogP contribution in [-0.2, 0) is 9.63 Å². The number of rotatable bonds is 4. The van der Waals surface area contributed by atoms with Gasteiger partial charge in [0.05, 0.1) is 11.1 Å². The van der Waals surface area contributed by atoms with Crippen LogP contribution in [0.3, 0.4) is 0 Å². The standard InChI is InChI=1S/C25H17NO9/c27-13-2-5-16-19(10-13)34-20-11-14(28)3-6-17(20)23(16)18-9-12(1-4-15(18)24(31)32)25(33)35-26-21(29)7-8-22(26)30/h1-6,9-11,21,27,29H,7-8H2,(H,31,32). The number of aromatic carboxylic acids is 1. The number of aliphatic hydroxyl groups excluding tert-OH is 1. The van der Waals surface area contributed by atoms with Crippen LogP contribution in [0.4, 0.5) is 0 Å². The van der Waals surface area contributed by atoms with Crippen LogP contribution < -0.4 is 5.43 Å². The van der Waals surface area contributed by atoms with Crippen molar-refractivity contribution in [1.29, 1.82) is 0 Å². The number of carboxylic acid groups (broad SMARTS) is 1. The van der Waals surface area contributed by atoms with E-state index in [4.69, 9.17) is 9.25 Å². The molecule has 10 heteroatoms. The van der Waals surface area contributed by atoms with E-state index in [1.165, 1.54) is 54.6 Å². The SMILES string of the molecule is O=C(ON1C(=O)CCC1O)c1ccc(C(=O)O)c(-c2c3ccc(=O)cc-3oc3cc(O)ccc23)c1. The first-order valence-electron chi connectivity index (χ1n) is 10.5. The molecule has 1 unspecified atom stereocenters. The number of hydrogen-bond acceptors (Lipinski definition) is 8. The minimum atomic E-state index is -1.27. The van der Waals surface area contributed by atoms with Crippen molar-refractivity contribution in [3.05, 3.63) is 75.9 Å². The minimum absolute atomic E-state index is 0.0255. The summed E-state index contributed by atoms with van der Waals surface area (Å²) in [5.41, 5.74) is 0.511. The fourth-order valence-electron chi connectivity index (χ4n) is 4.11. The molecule has 1 fully saturated rings. The monoisotopic (exact) mass is 475 g/mol. The molecule has 5 rings (SSSR count). The zero-order valence-corrected chi connectivity index (χ0v) is 17.9. The summed E-state index contributed by atoms with van der Waals surface area (Å²) in [6.45, 7) is 0. The van der Waals surface area contributed by atoms with Crippen LogP contribution in [0.5, 0.6) is 5.75 Å². The molecule has 35 heavy (non-hydrogen) atoms. The number of aliphatic hydroxyl groups is 1. The fraction of sp³-hybridized carbons (Fsp3) is 0.120. The second kappa shape index (κ2) is 8.26. The molecule has 1 saturated heterocycles. The lowest BCUT2D eigenvalue weighted by molar-refractivity contribution is -0.191. The number of aromatic hydroxyl groups is 1. The molecule has 2 heterocycles. The third kappa shape index (κ3) is 3.85. The highest BCUT2D eigenvalue weighted by molar-refractivity contribution is 6.09. The van der Waals surface area contributed by atoms with Crippen molar-refractivity contribution in [3.8, 4) is 28.2 Å². The number of benzene rings is 3. The van der Waals surface area contributed by atoms with Crippen molar-refractivity contribution in [1.82, 2.24) is 5.06 Å². The van der Waals surface area contributed by atoms with Crippen molar-refractivity contribution < 1.29 is 39.0 Å². The molecule has 2 aromatic carbocycles. The minimum Gasteiger partial charge on any atom is -0.508 e. The van der Waals surface area contributed by atoms with Gasteiger partial charge in [-0.1, -0.05) is 0 Å². The highest BCUT2D eigenvalue weighted by Crippen LogP contribution is 2.42. The third-order valence-electron chi connectivity index (χ3n) is 5.75. The number of hydrogen-bond donors (Lipinski definition) is 3. The lowest BCUT2D eigenvalue weighted by Crippen LogP contribution is -2.35. The Bertz CT molecular complexity index is 1550. The summed E-state index contributed by atoms with van der Waals surface area (Å²) in [5, 5.41) is 30.7. The first-order chi connectivity index (χ1) is 16.7. The van der Waals surface area contributed by atoms with Gasteiger partial charge in [-0.2, -0.15) is 0 Å². The number of hydroxylamine groups is 2. The van der Waals surface area contributed by atoms with Crippen molar-refractivity contribution >= 4 is 28.8 Å². The summed E-state index contributed by atoms with van der Waals surface area (Å²) in [7, 11) is 0. The van der Waals surface area contributed by atoms with Crippen molar-refractivity contribution in [2.45, 2.75) is 19.1 Å². The Hall–Kier alpha value is -4.70. The zero-order chi connectivity index (χ0) is 24.9. The molecule has 0 radical (unpaired) electrons. The maximum absolute atomic E-state index is 12.8. The molecule has 176 valence electrons. The van der Waals surface area contributed by atoms with Gasteiger partial charge in [0.1, 0.15) is 17.1 Å². The predicted octanol–water partition coefficient (Wildman–Crippen LogP) is 2.98. The quantitative estimate of drug-likeness (QED) is 0.378. The van der Waals surface area contributed by atoms with Crippen LogP contribution >= 0.6 is 0 Å². The van der Waals surface area contributed by atoms with Crippen LogP contribution in [0.1, 0.15) is 33.6 Å². The van der Waals surface area contributed by atoms with Crippen LogP contribution in [0, 0.1) is 0 Å². The number of fused-ring (bicyclic) bond motifs is 2. The maximum atomic E-state index is 12.8. The first kappa shape index (κ1) is 22.1. The van der Waals surface area contributed by atoms with Gasteiger partial charge >= 0.3 is 11.9 Å². The lowest BCUT2D eigenvalue weighted by atomic mass is 9.89. The summed E-state index contributed by atoms with van der Waals surface area (Å²) in [5.74, 6) is -2.74. The molecular weight excluding hydrogens is 458 g/mol. The molecule has 3 N–H and O–H groups in total. The Balaban J connectivity index is 1.73. The van der Waals surface area contributed by atoms with Crippen LogP contribution in [0.15, 0.2) is 63.8 Å². The number of carbonyl (C=O) groups excluding carboxylic acids is 2. The molecule has 2 aliphatic heterocycles. The molecule has 0 bridgehead atoms. The molecule has 1 amide bonds. The van der Waals surface area contributed by atoms with E-state index < -0.39 is 24.1 Å². The molecule has 0 aromatic heterocycles. The average Bonchev–Trinajstić information content (AvgIpc) is 3.13. The maximum Gasteiger partial charge on any atom is 0.363 e. The molecule has 0 saturated carbocycles. The van der Waals surface area contributed by atoms with Gasteiger partial charge in [-0.3, -0.25) is 9.59 Å². The molecular formula is C25H17NO9. The average molecular weight is 475 g/mol. The van der Waals surface area contributed by atoms with Crippen molar-refractivity contribution in [2.75, 3.05) is 0 Å². The zero-order valence-electron chi connectivity index (χ0n) is 17.9. The van der Waals surface area contributed by atoms with Gasteiger partial charge in [0, 0.05) is 41.5 Å². The normalized spacial score (nSPS) is 15.6. The highest BCUT2D eigenvalue weighted by atomic mass is 16.7. The van der Waals surface area contributed by atoms with E-state index in [0.717, 1.165) is 0 Å². The van der Waals surface area contributed by atoms with E-state index in [1.807, 2.05) is 0 Å². The second-order valence-electron chi connectivity index (χ2n) is 8.00. The van der Waals surface area contributed by atoms with Crippen LogP contribution in [0.2, 0.25) is 0 Å². The molecule has 2 aromatic rings. The van der Waals surface area contributed by atoms with E-state index in [9.17, 15) is 34.5 Å². The van der Waals surface area contributed by atoms with Gasteiger partial charge in [0.2, 0.25) is 0 Å². The van der Waals surface area contributed by atoms with E-state index >= 15 is 0 Å². The van der Waals surface area contributed by atoms with Gasteiger partial charge in [0.15, 0.2) is 11.7 Å². The lowest BCUT2D eigenvalue weighted by Gasteiger charge is -2.20. The topological polar surface area (TPSA) is 155 Å². The summed E-state index contributed by atoms with van der Waals surface area (Å²) in [6.07, 6.45) is -1.12. The Morgan fingerprint density at radius 1 is 1.00 bits per heavy atom. The van der Waals surface area contributed by atoms with E-state index in [2.05, 4.69) is 0 Å².